The van der Waals surface area contributed by atoms with E-state index in [-0.39, 0.29) is 18.3 Å². The first kappa shape index (κ1) is 22.0. The van der Waals surface area contributed by atoms with E-state index in [4.69, 9.17) is 5.11 Å². The van der Waals surface area contributed by atoms with E-state index in [1.807, 2.05) is 19.1 Å². The van der Waals surface area contributed by atoms with Gasteiger partial charge in [0.25, 0.3) is 5.56 Å². The number of H-pyrrole nitrogens is 1. The number of nitrogens with zero attached hydrogens (tertiary/aromatic N) is 2. The van der Waals surface area contributed by atoms with E-state index in [0.717, 1.165) is 36.3 Å². The maximum Gasteiger partial charge on any atom is 0.511 e. The Balaban J connectivity index is 0.00000256. The van der Waals surface area contributed by atoms with Gasteiger partial charge < -0.3 is 29.7 Å². The van der Waals surface area contributed by atoms with Crippen LogP contribution in [0.15, 0.2) is 23.0 Å². The molecule has 2 heterocycles. The average molecular weight is 436 g/mol. The van der Waals surface area contributed by atoms with Crippen molar-refractivity contribution in [2.75, 3.05) is 32.1 Å². The van der Waals surface area contributed by atoms with Crippen LogP contribution in [0.1, 0.15) is 30.4 Å². The number of aromatic hydroxyl groups is 1. The summed E-state index contributed by atoms with van der Waals surface area (Å²) in [4.78, 5) is 30.5. The number of hydrogen-bond acceptors (Lipinski definition) is 6. The number of anilines is 1. The summed E-state index contributed by atoms with van der Waals surface area (Å²) in [5.41, 5.74) is 3.37. The van der Waals surface area contributed by atoms with Crippen LogP contribution in [0.5, 0.6) is 11.5 Å². The van der Waals surface area contributed by atoms with Crippen molar-refractivity contribution in [1.29, 1.82) is 0 Å². The Morgan fingerprint density at radius 3 is 2.70 bits per heavy atom. The Labute approximate surface area is 180 Å². The summed E-state index contributed by atoms with van der Waals surface area (Å²) in [5, 5.41) is 19.4. The molecule has 2 atom stereocenters. The zero-order valence-electron chi connectivity index (χ0n) is 17.1. The molecule has 2 aliphatic rings. The van der Waals surface area contributed by atoms with Gasteiger partial charge in [0.15, 0.2) is 5.75 Å². The van der Waals surface area contributed by atoms with Crippen LogP contribution in [0.4, 0.5) is 10.5 Å². The summed E-state index contributed by atoms with van der Waals surface area (Å²) in [7, 11) is 4.20. The molecular weight excluding hydrogens is 410 g/mol. The second kappa shape index (κ2) is 8.20. The van der Waals surface area contributed by atoms with E-state index in [0.29, 0.717) is 23.7 Å². The van der Waals surface area contributed by atoms with Crippen molar-refractivity contribution >= 4 is 24.2 Å². The molecule has 0 amide bonds. The fraction of sp³-hybridized carbons (Fsp3) is 0.429. The largest absolute Gasteiger partial charge is 0.511 e. The number of nitrogens with one attached hydrogen (secondary N) is 1. The highest BCUT2D eigenvalue weighted by Gasteiger charge is 2.31. The first-order valence-electron chi connectivity index (χ1n) is 9.70. The minimum Gasteiger partial charge on any atom is -0.504 e. The first-order chi connectivity index (χ1) is 13.8. The fourth-order valence-electron chi connectivity index (χ4n) is 4.48. The smallest absolute Gasteiger partial charge is 0.504 e. The van der Waals surface area contributed by atoms with Crippen molar-refractivity contribution in [3.63, 3.8) is 0 Å². The van der Waals surface area contributed by atoms with Gasteiger partial charge in [-0.2, -0.15) is 0 Å². The maximum absolute atomic E-state index is 12.3. The van der Waals surface area contributed by atoms with E-state index < -0.39 is 23.2 Å². The summed E-state index contributed by atoms with van der Waals surface area (Å²) in [6.45, 7) is 3.92. The van der Waals surface area contributed by atoms with Gasteiger partial charge in [-0.05, 0) is 50.6 Å². The average Bonchev–Trinajstić information content (AvgIpc) is 3.14. The Bertz CT molecular complexity index is 1040. The van der Waals surface area contributed by atoms with Gasteiger partial charge in [-0.1, -0.05) is 13.0 Å². The lowest BCUT2D eigenvalue weighted by Crippen LogP contribution is -2.31. The van der Waals surface area contributed by atoms with Crippen LogP contribution >= 0.6 is 12.4 Å². The Hall–Kier alpha value is -2.71. The Morgan fingerprint density at radius 1 is 1.33 bits per heavy atom. The lowest BCUT2D eigenvalue weighted by atomic mass is 9.81. The molecule has 0 saturated carbocycles. The van der Waals surface area contributed by atoms with Gasteiger partial charge in [-0.25, -0.2) is 4.79 Å². The SMILES string of the molecule is CC1Cc2cc(N3CCC(N(C)C)C3)ccc2-c2[nH]c(=O)c(OC(=O)O)c(O)c21.Cl. The Morgan fingerprint density at radius 2 is 2.07 bits per heavy atom. The molecular formula is C21H26ClN3O5. The number of hydrogen-bond donors (Lipinski definition) is 3. The number of fused-ring (bicyclic) bond motifs is 3. The number of benzene rings is 1. The summed E-state index contributed by atoms with van der Waals surface area (Å²) in [5.74, 6) is -1.08. The topological polar surface area (TPSA) is 106 Å². The third kappa shape index (κ3) is 3.73. The minimum atomic E-state index is -1.64. The molecule has 0 radical (unpaired) electrons. The minimum absolute atomic E-state index is 0. The van der Waals surface area contributed by atoms with Crippen molar-refractivity contribution in [1.82, 2.24) is 9.88 Å². The third-order valence-corrected chi connectivity index (χ3v) is 6.01. The zero-order valence-corrected chi connectivity index (χ0v) is 18.0. The molecule has 0 bridgehead atoms. The molecule has 9 heteroatoms. The molecule has 8 nitrogen and oxygen atoms in total. The molecule has 1 aromatic heterocycles. The van der Waals surface area contributed by atoms with Crippen LogP contribution in [0.3, 0.4) is 0 Å². The second-order valence-electron chi connectivity index (χ2n) is 8.09. The number of aromatic nitrogens is 1. The van der Waals surface area contributed by atoms with Gasteiger partial charge in [0.2, 0.25) is 5.75 Å². The van der Waals surface area contributed by atoms with Crippen LogP contribution in [0.2, 0.25) is 0 Å². The first-order valence-corrected chi connectivity index (χ1v) is 9.70. The lowest BCUT2D eigenvalue weighted by Gasteiger charge is -2.28. The molecule has 1 aliphatic carbocycles. The van der Waals surface area contributed by atoms with Gasteiger partial charge in [0, 0.05) is 35.9 Å². The Kier molecular flexibility index (Phi) is 6.01. The second-order valence-corrected chi connectivity index (χ2v) is 8.09. The van der Waals surface area contributed by atoms with Crippen LogP contribution in [0.25, 0.3) is 11.3 Å². The lowest BCUT2D eigenvalue weighted by molar-refractivity contribution is 0.142. The number of rotatable bonds is 3. The molecule has 2 aromatic rings. The summed E-state index contributed by atoms with van der Waals surface area (Å²) >= 11 is 0. The molecule has 1 fully saturated rings. The summed E-state index contributed by atoms with van der Waals surface area (Å²) in [6.07, 6.45) is 0.158. The van der Waals surface area contributed by atoms with Gasteiger partial charge in [0.1, 0.15) is 0 Å². The van der Waals surface area contributed by atoms with Gasteiger partial charge in [0.05, 0.1) is 5.69 Å². The van der Waals surface area contributed by atoms with E-state index >= 15 is 0 Å². The van der Waals surface area contributed by atoms with Crippen molar-refractivity contribution < 1.29 is 19.7 Å². The molecule has 0 spiro atoms. The highest BCUT2D eigenvalue weighted by molar-refractivity contribution is 5.85. The zero-order chi connectivity index (χ0) is 20.9. The number of carboxylic acid groups (broad SMARTS) is 1. The fourth-order valence-corrected chi connectivity index (χ4v) is 4.48. The molecule has 3 N–H and O–H groups in total. The van der Waals surface area contributed by atoms with Crippen LogP contribution in [-0.4, -0.2) is 59.5 Å². The standard InChI is InChI=1S/C21H25N3O5.ClH/c1-11-8-12-9-13(24-7-6-14(10-24)23(2)3)4-5-15(12)17-16(11)18(25)19(20(26)22-17)29-21(27)28;/h4-5,9,11,14H,6-8,10H2,1-3H3,(H,27,28)(H2,22,25,26);1H. The number of likely N-dealkylation sites (N-methyl/N-ethyl adjacent to an activating group) is 1. The maximum atomic E-state index is 12.3. The van der Waals surface area contributed by atoms with E-state index in [1.165, 1.54) is 0 Å². The number of aromatic amines is 1. The van der Waals surface area contributed by atoms with E-state index in [2.05, 4.69) is 39.7 Å². The van der Waals surface area contributed by atoms with Crippen molar-refractivity contribution in [3.05, 3.63) is 39.7 Å². The van der Waals surface area contributed by atoms with Crippen LogP contribution in [0, 0.1) is 0 Å². The highest BCUT2D eigenvalue weighted by atomic mass is 35.5. The molecule has 1 aromatic carbocycles. The number of pyridine rings is 1. The third-order valence-electron chi connectivity index (χ3n) is 6.01. The van der Waals surface area contributed by atoms with E-state index in [1.54, 1.807) is 0 Å². The molecule has 30 heavy (non-hydrogen) atoms. The van der Waals surface area contributed by atoms with Crippen molar-refractivity contribution in [2.24, 2.45) is 0 Å². The van der Waals surface area contributed by atoms with Crippen molar-refractivity contribution in [2.45, 2.75) is 31.7 Å². The highest BCUT2D eigenvalue weighted by Crippen LogP contribution is 2.45. The summed E-state index contributed by atoms with van der Waals surface area (Å²) < 4.78 is 4.51. The molecule has 1 aliphatic heterocycles. The quantitative estimate of drug-likeness (QED) is 0.636. The number of ether oxygens (including phenoxy) is 1. The van der Waals surface area contributed by atoms with Gasteiger partial charge >= 0.3 is 6.16 Å². The van der Waals surface area contributed by atoms with Crippen LogP contribution < -0.4 is 15.2 Å². The molecule has 2 unspecified atom stereocenters. The predicted octanol–water partition coefficient (Wildman–Crippen LogP) is 3.03. The number of carbonyl (C=O) groups is 1. The monoisotopic (exact) mass is 435 g/mol. The normalized spacial score (nSPS) is 19.8. The van der Waals surface area contributed by atoms with E-state index in [9.17, 15) is 14.7 Å². The molecule has 4 rings (SSSR count). The van der Waals surface area contributed by atoms with Gasteiger partial charge in [-0.3, -0.25) is 4.79 Å². The molecule has 162 valence electrons. The number of halogens is 1. The predicted molar refractivity (Wildman–Crippen MR) is 116 cm³/mol. The molecule has 1 saturated heterocycles. The van der Waals surface area contributed by atoms with Crippen molar-refractivity contribution in [3.8, 4) is 22.8 Å². The van der Waals surface area contributed by atoms with Gasteiger partial charge in [-0.15, -0.1) is 12.4 Å². The van der Waals surface area contributed by atoms with Crippen LogP contribution in [-0.2, 0) is 6.42 Å². The summed E-state index contributed by atoms with van der Waals surface area (Å²) in [6, 6.07) is 6.69.